The van der Waals surface area contributed by atoms with E-state index >= 15 is 0 Å². The third kappa shape index (κ3) is 4.29. The molecule has 2 unspecified atom stereocenters. The Morgan fingerprint density at radius 3 is 2.62 bits per heavy atom. The highest BCUT2D eigenvalue weighted by Gasteiger charge is 2.27. The molecule has 2 aromatic rings. The van der Waals surface area contributed by atoms with Crippen LogP contribution in [-0.2, 0) is 4.74 Å². The summed E-state index contributed by atoms with van der Waals surface area (Å²) in [5.41, 5.74) is 8.40. The predicted octanol–water partition coefficient (Wildman–Crippen LogP) is 2.99. The Labute approximate surface area is 153 Å². The summed E-state index contributed by atoms with van der Waals surface area (Å²) >= 11 is 0. The van der Waals surface area contributed by atoms with Gasteiger partial charge in [0, 0.05) is 30.2 Å². The molecule has 3 N–H and O–H groups in total. The van der Waals surface area contributed by atoms with Gasteiger partial charge in [-0.25, -0.2) is 0 Å². The topological polar surface area (TPSA) is 81.4 Å². The van der Waals surface area contributed by atoms with Crippen molar-refractivity contribution in [2.75, 3.05) is 13.2 Å². The molecule has 1 heterocycles. The van der Waals surface area contributed by atoms with Crippen LogP contribution in [-0.4, -0.2) is 25.0 Å². The van der Waals surface area contributed by atoms with E-state index in [4.69, 9.17) is 10.5 Å². The van der Waals surface area contributed by atoms with E-state index in [1.165, 1.54) is 11.6 Å². The quantitative estimate of drug-likeness (QED) is 0.868. The number of amides is 2. The van der Waals surface area contributed by atoms with Gasteiger partial charge in [-0.1, -0.05) is 35.9 Å². The van der Waals surface area contributed by atoms with Gasteiger partial charge in [-0.3, -0.25) is 9.59 Å². The van der Waals surface area contributed by atoms with Gasteiger partial charge in [-0.15, -0.1) is 0 Å². The number of nitrogens with one attached hydrogen (secondary N) is 1. The zero-order valence-electron chi connectivity index (χ0n) is 14.9. The summed E-state index contributed by atoms with van der Waals surface area (Å²) in [4.78, 5) is 23.7. The number of hydrogen-bond donors (Lipinski definition) is 2. The van der Waals surface area contributed by atoms with Gasteiger partial charge in [0.1, 0.15) is 0 Å². The second kappa shape index (κ2) is 8.15. The summed E-state index contributed by atoms with van der Waals surface area (Å²) in [5.74, 6) is -0.532. The van der Waals surface area contributed by atoms with Crippen LogP contribution >= 0.6 is 0 Å². The van der Waals surface area contributed by atoms with Crippen LogP contribution in [0.15, 0.2) is 48.5 Å². The summed E-state index contributed by atoms with van der Waals surface area (Å²) in [6.45, 7) is 3.32. The Kier molecular flexibility index (Phi) is 5.68. The van der Waals surface area contributed by atoms with Crippen LogP contribution < -0.4 is 11.1 Å². The van der Waals surface area contributed by atoms with Crippen LogP contribution in [0.2, 0.25) is 0 Å². The third-order valence-electron chi connectivity index (χ3n) is 4.78. The number of hydrogen-bond acceptors (Lipinski definition) is 3. The number of primary amides is 1. The molecule has 2 aromatic carbocycles. The van der Waals surface area contributed by atoms with Gasteiger partial charge in [0.2, 0.25) is 5.91 Å². The highest BCUT2D eigenvalue weighted by atomic mass is 16.5. The molecule has 0 saturated carbocycles. The number of carbonyl (C=O) groups excluding carboxylic acids is 2. The lowest BCUT2D eigenvalue weighted by atomic mass is 9.89. The van der Waals surface area contributed by atoms with Crippen molar-refractivity contribution in [3.05, 3.63) is 70.8 Å². The van der Waals surface area contributed by atoms with Crippen LogP contribution in [0.1, 0.15) is 50.8 Å². The van der Waals surface area contributed by atoms with Crippen LogP contribution in [0.4, 0.5) is 0 Å². The number of nitrogens with two attached hydrogens (primary N) is 1. The number of carbonyl (C=O) groups is 2. The van der Waals surface area contributed by atoms with E-state index in [-0.39, 0.29) is 17.9 Å². The van der Waals surface area contributed by atoms with Crippen LogP contribution in [0, 0.1) is 12.8 Å². The first-order valence-electron chi connectivity index (χ1n) is 8.91. The Balaban J connectivity index is 1.66. The van der Waals surface area contributed by atoms with Crippen LogP contribution in [0.5, 0.6) is 0 Å². The van der Waals surface area contributed by atoms with Crippen LogP contribution in [0.25, 0.3) is 0 Å². The Hall–Kier alpha value is -2.66. The minimum absolute atomic E-state index is 0.0124. The average Bonchev–Trinajstić information content (AvgIpc) is 2.67. The van der Waals surface area contributed by atoms with E-state index in [1.807, 2.05) is 0 Å². The standard InChI is InChI=1S/C21H24N2O3/c1-14-7-9-15(10-8-14)19-18(6-3-11-26-19)13-23-21(25)17-5-2-4-16(12-17)20(22)24/h2,4-5,7-10,12,18-19H,3,6,11,13H2,1H3,(H2,22,24)(H,23,25). The predicted molar refractivity (Wildman–Crippen MR) is 99.9 cm³/mol. The zero-order chi connectivity index (χ0) is 18.5. The molecule has 5 heteroatoms. The van der Waals surface area contributed by atoms with Crippen molar-refractivity contribution in [2.45, 2.75) is 25.9 Å². The summed E-state index contributed by atoms with van der Waals surface area (Å²) in [7, 11) is 0. The van der Waals surface area contributed by atoms with Crippen molar-refractivity contribution in [3.8, 4) is 0 Å². The third-order valence-corrected chi connectivity index (χ3v) is 4.78. The Morgan fingerprint density at radius 1 is 1.15 bits per heavy atom. The summed E-state index contributed by atoms with van der Waals surface area (Å²) < 4.78 is 5.99. The molecule has 2 atom stereocenters. The second-order valence-electron chi connectivity index (χ2n) is 6.76. The molecule has 2 amide bonds. The maximum absolute atomic E-state index is 12.4. The molecule has 5 nitrogen and oxygen atoms in total. The van der Waals surface area contributed by atoms with E-state index in [0.717, 1.165) is 25.0 Å². The first-order valence-corrected chi connectivity index (χ1v) is 8.91. The molecule has 3 rings (SSSR count). The SMILES string of the molecule is Cc1ccc(C2OCCCC2CNC(=O)c2cccc(C(N)=O)c2)cc1. The van der Waals surface area contributed by atoms with Crippen molar-refractivity contribution < 1.29 is 14.3 Å². The first kappa shape index (κ1) is 18.1. The monoisotopic (exact) mass is 352 g/mol. The molecule has 26 heavy (non-hydrogen) atoms. The number of ether oxygens (including phenoxy) is 1. The Morgan fingerprint density at radius 2 is 1.88 bits per heavy atom. The van der Waals surface area contributed by atoms with Gasteiger partial charge in [-0.2, -0.15) is 0 Å². The molecular formula is C21H24N2O3. The lowest BCUT2D eigenvalue weighted by molar-refractivity contribution is -0.0272. The normalized spacial score (nSPS) is 19.7. The maximum atomic E-state index is 12.4. The van der Waals surface area contributed by atoms with Crippen LogP contribution in [0.3, 0.4) is 0 Å². The molecule has 0 radical (unpaired) electrons. The molecule has 1 saturated heterocycles. The highest BCUT2D eigenvalue weighted by molar-refractivity contribution is 5.99. The largest absolute Gasteiger partial charge is 0.373 e. The van der Waals surface area contributed by atoms with E-state index in [2.05, 4.69) is 36.5 Å². The van der Waals surface area contributed by atoms with Gasteiger partial charge in [0.15, 0.2) is 0 Å². The number of rotatable bonds is 5. The van der Waals surface area contributed by atoms with Crippen molar-refractivity contribution in [2.24, 2.45) is 11.7 Å². The van der Waals surface area contributed by atoms with E-state index in [1.54, 1.807) is 18.2 Å². The fraction of sp³-hybridized carbons (Fsp3) is 0.333. The van der Waals surface area contributed by atoms with E-state index in [0.29, 0.717) is 17.7 Å². The maximum Gasteiger partial charge on any atom is 0.251 e. The molecule has 1 aliphatic rings. The fourth-order valence-corrected chi connectivity index (χ4v) is 3.32. The molecule has 0 bridgehead atoms. The summed E-state index contributed by atoms with van der Waals surface area (Å²) in [5, 5.41) is 2.97. The lowest BCUT2D eigenvalue weighted by Crippen LogP contribution is -2.35. The molecule has 1 fully saturated rings. The molecule has 1 aliphatic heterocycles. The van der Waals surface area contributed by atoms with Crippen molar-refractivity contribution in [1.82, 2.24) is 5.32 Å². The lowest BCUT2D eigenvalue weighted by Gasteiger charge is -2.32. The molecular weight excluding hydrogens is 328 g/mol. The Bertz CT molecular complexity index is 786. The second-order valence-corrected chi connectivity index (χ2v) is 6.76. The molecule has 0 aromatic heterocycles. The van der Waals surface area contributed by atoms with Gasteiger partial charge >= 0.3 is 0 Å². The zero-order valence-corrected chi connectivity index (χ0v) is 14.9. The minimum atomic E-state index is -0.542. The van der Waals surface area contributed by atoms with E-state index in [9.17, 15) is 9.59 Å². The number of benzene rings is 2. The van der Waals surface area contributed by atoms with Gasteiger partial charge in [0.25, 0.3) is 5.91 Å². The van der Waals surface area contributed by atoms with Crippen molar-refractivity contribution in [1.29, 1.82) is 0 Å². The summed E-state index contributed by atoms with van der Waals surface area (Å²) in [6.07, 6.45) is 1.97. The van der Waals surface area contributed by atoms with Gasteiger partial charge in [-0.05, 0) is 43.5 Å². The van der Waals surface area contributed by atoms with Gasteiger partial charge < -0.3 is 15.8 Å². The molecule has 136 valence electrons. The molecule has 0 aliphatic carbocycles. The number of aryl methyl sites for hydroxylation is 1. The van der Waals surface area contributed by atoms with E-state index < -0.39 is 5.91 Å². The average molecular weight is 352 g/mol. The molecule has 0 spiro atoms. The smallest absolute Gasteiger partial charge is 0.251 e. The van der Waals surface area contributed by atoms with Gasteiger partial charge in [0.05, 0.1) is 6.10 Å². The van der Waals surface area contributed by atoms with Crippen molar-refractivity contribution >= 4 is 11.8 Å². The minimum Gasteiger partial charge on any atom is -0.373 e. The summed E-state index contributed by atoms with van der Waals surface area (Å²) in [6, 6.07) is 14.8. The first-order chi connectivity index (χ1) is 12.5. The highest BCUT2D eigenvalue weighted by Crippen LogP contribution is 2.33. The fourth-order valence-electron chi connectivity index (χ4n) is 3.32. The van der Waals surface area contributed by atoms with Crippen molar-refractivity contribution in [3.63, 3.8) is 0 Å².